The van der Waals surface area contributed by atoms with Gasteiger partial charge in [-0.1, -0.05) is 30.3 Å². The maximum absolute atomic E-state index is 12.1. The van der Waals surface area contributed by atoms with Gasteiger partial charge in [-0.25, -0.2) is 4.98 Å². The van der Waals surface area contributed by atoms with Crippen molar-refractivity contribution in [2.45, 2.75) is 13.3 Å². The van der Waals surface area contributed by atoms with E-state index in [0.717, 1.165) is 22.3 Å². The Morgan fingerprint density at radius 2 is 1.86 bits per heavy atom. The SMILES string of the molecule is CCOc1ccccc1Cc1nc2ccccc2[nH]c1=O. The van der Waals surface area contributed by atoms with Crippen LogP contribution in [-0.4, -0.2) is 16.6 Å². The van der Waals surface area contributed by atoms with Crippen molar-refractivity contribution in [1.29, 1.82) is 0 Å². The third-order valence-corrected chi connectivity index (χ3v) is 3.30. The largest absolute Gasteiger partial charge is 0.494 e. The fourth-order valence-corrected chi connectivity index (χ4v) is 2.31. The van der Waals surface area contributed by atoms with Crippen LogP contribution in [0.4, 0.5) is 0 Å². The highest BCUT2D eigenvalue weighted by atomic mass is 16.5. The van der Waals surface area contributed by atoms with Crippen LogP contribution in [0.2, 0.25) is 0 Å². The molecule has 3 aromatic rings. The van der Waals surface area contributed by atoms with Gasteiger partial charge in [0.2, 0.25) is 0 Å². The van der Waals surface area contributed by atoms with Crippen LogP contribution in [0.1, 0.15) is 18.2 Å². The fraction of sp³-hybridized carbons (Fsp3) is 0.176. The lowest BCUT2D eigenvalue weighted by molar-refractivity contribution is 0.337. The third kappa shape index (κ3) is 2.79. The molecule has 0 saturated carbocycles. The molecule has 0 bridgehead atoms. The molecule has 3 rings (SSSR count). The van der Waals surface area contributed by atoms with Crippen LogP contribution in [0.25, 0.3) is 11.0 Å². The average Bonchev–Trinajstić information content (AvgIpc) is 2.50. The number of ether oxygens (including phenoxy) is 1. The van der Waals surface area contributed by atoms with E-state index in [4.69, 9.17) is 4.74 Å². The van der Waals surface area contributed by atoms with Gasteiger partial charge in [-0.15, -0.1) is 0 Å². The van der Waals surface area contributed by atoms with Crippen molar-refractivity contribution in [3.05, 3.63) is 70.1 Å². The first-order valence-electron chi connectivity index (χ1n) is 6.96. The highest BCUT2D eigenvalue weighted by Gasteiger charge is 2.09. The van der Waals surface area contributed by atoms with Crippen LogP contribution in [-0.2, 0) is 6.42 Å². The van der Waals surface area contributed by atoms with Crippen molar-refractivity contribution in [2.75, 3.05) is 6.61 Å². The molecule has 1 heterocycles. The summed E-state index contributed by atoms with van der Waals surface area (Å²) in [6.45, 7) is 2.54. The summed E-state index contributed by atoms with van der Waals surface area (Å²) in [5.74, 6) is 0.800. The number of fused-ring (bicyclic) bond motifs is 1. The molecular weight excluding hydrogens is 264 g/mol. The van der Waals surface area contributed by atoms with E-state index in [1.165, 1.54) is 0 Å². The Kier molecular flexibility index (Phi) is 3.69. The Morgan fingerprint density at radius 1 is 1.10 bits per heavy atom. The molecule has 0 atom stereocenters. The van der Waals surface area contributed by atoms with Gasteiger partial charge in [0.05, 0.1) is 17.6 Å². The molecule has 0 saturated heterocycles. The lowest BCUT2D eigenvalue weighted by atomic mass is 10.1. The molecule has 0 fully saturated rings. The summed E-state index contributed by atoms with van der Waals surface area (Å²) in [6, 6.07) is 15.3. The fourth-order valence-electron chi connectivity index (χ4n) is 2.31. The number of nitrogens with one attached hydrogen (secondary N) is 1. The standard InChI is InChI=1S/C17H16N2O2/c1-2-21-16-10-6-3-7-12(16)11-15-17(20)19-14-9-5-4-8-13(14)18-15/h3-10H,2,11H2,1H3,(H,19,20). The molecule has 106 valence electrons. The van der Waals surface area contributed by atoms with Gasteiger partial charge >= 0.3 is 0 Å². The Balaban J connectivity index is 2.02. The van der Waals surface area contributed by atoms with Gasteiger partial charge in [0.25, 0.3) is 5.56 Å². The van der Waals surface area contributed by atoms with Crippen LogP contribution in [0.3, 0.4) is 0 Å². The van der Waals surface area contributed by atoms with E-state index >= 15 is 0 Å². The molecule has 21 heavy (non-hydrogen) atoms. The van der Waals surface area contributed by atoms with Gasteiger partial charge < -0.3 is 9.72 Å². The van der Waals surface area contributed by atoms with E-state index in [1.807, 2.05) is 55.5 Å². The molecular formula is C17H16N2O2. The minimum atomic E-state index is -0.153. The number of benzene rings is 2. The van der Waals surface area contributed by atoms with Crippen molar-refractivity contribution in [3.8, 4) is 5.75 Å². The third-order valence-electron chi connectivity index (χ3n) is 3.30. The number of para-hydroxylation sites is 3. The first-order valence-corrected chi connectivity index (χ1v) is 6.96. The lowest BCUT2D eigenvalue weighted by Gasteiger charge is -2.09. The summed E-state index contributed by atoms with van der Waals surface area (Å²) in [7, 11) is 0. The summed E-state index contributed by atoms with van der Waals surface area (Å²) < 4.78 is 5.60. The van der Waals surface area contributed by atoms with E-state index < -0.39 is 0 Å². The zero-order valence-corrected chi connectivity index (χ0v) is 11.8. The van der Waals surface area contributed by atoms with Gasteiger partial charge in [-0.2, -0.15) is 0 Å². The molecule has 0 aliphatic heterocycles. The maximum atomic E-state index is 12.1. The minimum Gasteiger partial charge on any atom is -0.494 e. The molecule has 0 amide bonds. The molecule has 1 aromatic heterocycles. The van der Waals surface area contributed by atoms with Gasteiger partial charge in [0, 0.05) is 12.0 Å². The van der Waals surface area contributed by atoms with E-state index in [1.54, 1.807) is 0 Å². The van der Waals surface area contributed by atoms with Crippen LogP contribution in [0, 0.1) is 0 Å². The summed E-state index contributed by atoms with van der Waals surface area (Å²) in [5, 5.41) is 0. The van der Waals surface area contributed by atoms with Crippen molar-refractivity contribution in [1.82, 2.24) is 9.97 Å². The highest BCUT2D eigenvalue weighted by molar-refractivity contribution is 5.73. The number of rotatable bonds is 4. The molecule has 1 N–H and O–H groups in total. The number of nitrogens with zero attached hydrogens (tertiary/aromatic N) is 1. The Labute approximate surface area is 122 Å². The zero-order chi connectivity index (χ0) is 14.7. The first kappa shape index (κ1) is 13.4. The van der Waals surface area contributed by atoms with Crippen LogP contribution < -0.4 is 10.3 Å². The van der Waals surface area contributed by atoms with Crippen molar-refractivity contribution in [3.63, 3.8) is 0 Å². The number of hydrogen-bond acceptors (Lipinski definition) is 3. The monoisotopic (exact) mass is 280 g/mol. The Bertz CT molecular complexity index is 824. The molecule has 0 unspecified atom stereocenters. The van der Waals surface area contributed by atoms with Gasteiger partial charge in [0.1, 0.15) is 11.4 Å². The second-order valence-corrected chi connectivity index (χ2v) is 4.75. The average molecular weight is 280 g/mol. The van der Waals surface area contributed by atoms with Crippen LogP contribution >= 0.6 is 0 Å². The summed E-state index contributed by atoms with van der Waals surface area (Å²) in [5.41, 5.74) is 2.86. The van der Waals surface area contributed by atoms with Gasteiger partial charge in [-0.05, 0) is 25.1 Å². The Morgan fingerprint density at radius 3 is 2.71 bits per heavy atom. The molecule has 0 aliphatic carbocycles. The molecule has 2 aromatic carbocycles. The summed E-state index contributed by atoms with van der Waals surface area (Å²) >= 11 is 0. The zero-order valence-electron chi connectivity index (χ0n) is 11.8. The second-order valence-electron chi connectivity index (χ2n) is 4.75. The van der Waals surface area contributed by atoms with E-state index in [0.29, 0.717) is 18.7 Å². The van der Waals surface area contributed by atoms with Crippen LogP contribution in [0.5, 0.6) is 5.75 Å². The molecule has 0 aliphatic rings. The Hall–Kier alpha value is -2.62. The predicted octanol–water partition coefficient (Wildman–Crippen LogP) is 2.91. The van der Waals surface area contributed by atoms with E-state index in [9.17, 15) is 4.79 Å². The number of hydrogen-bond donors (Lipinski definition) is 1. The summed E-state index contributed by atoms with van der Waals surface area (Å²) in [4.78, 5) is 19.5. The second kappa shape index (κ2) is 5.79. The molecule has 4 nitrogen and oxygen atoms in total. The van der Waals surface area contributed by atoms with E-state index in [2.05, 4.69) is 9.97 Å². The topological polar surface area (TPSA) is 55.0 Å². The molecule has 4 heteroatoms. The van der Waals surface area contributed by atoms with Crippen LogP contribution in [0.15, 0.2) is 53.3 Å². The molecule has 0 radical (unpaired) electrons. The maximum Gasteiger partial charge on any atom is 0.270 e. The number of H-pyrrole nitrogens is 1. The quantitative estimate of drug-likeness (QED) is 0.799. The predicted molar refractivity (Wildman–Crippen MR) is 82.8 cm³/mol. The summed E-state index contributed by atoms with van der Waals surface area (Å²) in [6.07, 6.45) is 0.455. The normalized spacial score (nSPS) is 10.7. The number of aromatic nitrogens is 2. The van der Waals surface area contributed by atoms with Crippen molar-refractivity contribution < 1.29 is 4.74 Å². The van der Waals surface area contributed by atoms with Crippen molar-refractivity contribution >= 4 is 11.0 Å². The smallest absolute Gasteiger partial charge is 0.270 e. The number of aromatic amines is 1. The van der Waals surface area contributed by atoms with Crippen molar-refractivity contribution in [2.24, 2.45) is 0 Å². The van der Waals surface area contributed by atoms with Gasteiger partial charge in [-0.3, -0.25) is 4.79 Å². The minimum absolute atomic E-state index is 0.153. The van der Waals surface area contributed by atoms with Gasteiger partial charge in [0.15, 0.2) is 0 Å². The van der Waals surface area contributed by atoms with E-state index in [-0.39, 0.29) is 5.56 Å². The molecule has 0 spiro atoms. The highest BCUT2D eigenvalue weighted by Crippen LogP contribution is 2.20. The lowest BCUT2D eigenvalue weighted by Crippen LogP contribution is -2.15. The first-order chi connectivity index (χ1) is 10.3.